The van der Waals surface area contributed by atoms with Gasteiger partial charge in [0.15, 0.2) is 0 Å². The van der Waals surface area contributed by atoms with Crippen molar-refractivity contribution in [3.63, 3.8) is 0 Å². The molecule has 0 bridgehead atoms. The number of ether oxygens (including phenoxy) is 2. The van der Waals surface area contributed by atoms with Crippen LogP contribution in [-0.4, -0.2) is 54.4 Å². The van der Waals surface area contributed by atoms with Crippen LogP contribution in [0.1, 0.15) is 58.3 Å². The first-order valence-electron chi connectivity index (χ1n) is 11.3. The summed E-state index contributed by atoms with van der Waals surface area (Å²) in [5.41, 5.74) is 5.81. The molecule has 0 saturated heterocycles. The van der Waals surface area contributed by atoms with Crippen molar-refractivity contribution in [3.05, 3.63) is 48.6 Å². The van der Waals surface area contributed by atoms with Crippen LogP contribution in [0.4, 0.5) is 0 Å². The highest BCUT2D eigenvalue weighted by atomic mass is 32.2. The fraction of sp³-hybridized carbons (Fsp3) is 0.600. The second-order valence-electron chi connectivity index (χ2n) is 7.36. The van der Waals surface area contributed by atoms with Crippen molar-refractivity contribution in [1.82, 2.24) is 0 Å². The summed E-state index contributed by atoms with van der Waals surface area (Å²) in [5.74, 6) is -0.454. The molecule has 0 spiro atoms. The number of esters is 2. The number of methoxy groups -OCH3 is 2. The molecule has 0 radical (unpaired) electrons. The normalized spacial score (nSPS) is 15.0. The average Bonchev–Trinajstić information content (AvgIpc) is 2.80. The fourth-order valence-corrected chi connectivity index (χ4v) is 3.84. The fourth-order valence-electron chi connectivity index (χ4n) is 2.71. The van der Waals surface area contributed by atoms with Crippen LogP contribution >= 0.6 is 11.8 Å². The van der Waals surface area contributed by atoms with Crippen LogP contribution < -0.4 is 5.73 Å². The second kappa shape index (κ2) is 21.0. The van der Waals surface area contributed by atoms with Crippen LogP contribution in [0, 0.1) is 0 Å². The van der Waals surface area contributed by atoms with Crippen LogP contribution in [0.15, 0.2) is 48.6 Å². The first-order valence-corrected chi connectivity index (χ1v) is 12.4. The Kier molecular flexibility index (Phi) is 19.8. The molecular formula is C25H41NO5S. The number of aliphatic hydroxyl groups excluding tert-OH is 1. The van der Waals surface area contributed by atoms with E-state index in [2.05, 4.69) is 34.6 Å². The summed E-state index contributed by atoms with van der Waals surface area (Å²) >= 11 is 1.39. The van der Waals surface area contributed by atoms with E-state index < -0.39 is 18.1 Å². The van der Waals surface area contributed by atoms with Crippen LogP contribution in [0.5, 0.6) is 0 Å². The van der Waals surface area contributed by atoms with Gasteiger partial charge in [-0.2, -0.15) is 0 Å². The summed E-state index contributed by atoms with van der Waals surface area (Å²) < 4.78 is 9.28. The maximum atomic E-state index is 11.5. The quantitative estimate of drug-likeness (QED) is 0.133. The number of hydrogen-bond donors (Lipinski definition) is 2. The molecule has 0 rings (SSSR count). The SMILES string of the molecule is CCCCCC=CCC=CC=CC=C[C@@H](SC[C@H](N)C(=O)OC)[C@H](O)CCCC(=O)OC. The first-order chi connectivity index (χ1) is 15.5. The minimum absolute atomic E-state index is 0.258. The Morgan fingerprint density at radius 3 is 2.44 bits per heavy atom. The Labute approximate surface area is 198 Å². The molecule has 0 heterocycles. The first kappa shape index (κ1) is 30.2. The number of carbonyl (C=O) groups excluding carboxylic acids is 2. The van der Waals surface area contributed by atoms with E-state index in [0.29, 0.717) is 18.6 Å². The molecule has 0 aromatic rings. The van der Waals surface area contributed by atoms with Gasteiger partial charge in [0, 0.05) is 17.4 Å². The summed E-state index contributed by atoms with van der Waals surface area (Å²) in [7, 11) is 2.64. The number of carbonyl (C=O) groups is 2. The lowest BCUT2D eigenvalue weighted by atomic mass is 10.1. The highest BCUT2D eigenvalue weighted by Crippen LogP contribution is 2.21. The van der Waals surface area contributed by atoms with Crippen molar-refractivity contribution in [2.45, 2.75) is 75.7 Å². The maximum Gasteiger partial charge on any atom is 0.323 e. The zero-order valence-electron chi connectivity index (χ0n) is 19.8. The molecule has 0 amide bonds. The molecule has 0 fully saturated rings. The van der Waals surface area contributed by atoms with E-state index in [0.717, 1.165) is 12.8 Å². The Morgan fingerprint density at radius 2 is 1.75 bits per heavy atom. The van der Waals surface area contributed by atoms with E-state index in [-0.39, 0.29) is 17.6 Å². The van der Waals surface area contributed by atoms with Crippen molar-refractivity contribution >= 4 is 23.7 Å². The maximum absolute atomic E-state index is 11.5. The van der Waals surface area contributed by atoms with Gasteiger partial charge in [-0.25, -0.2) is 0 Å². The van der Waals surface area contributed by atoms with Gasteiger partial charge < -0.3 is 20.3 Å². The third kappa shape index (κ3) is 16.8. The molecular weight excluding hydrogens is 426 g/mol. The predicted octanol–water partition coefficient (Wildman–Crippen LogP) is 4.49. The summed E-state index contributed by atoms with van der Waals surface area (Å²) in [6.45, 7) is 2.21. The van der Waals surface area contributed by atoms with E-state index in [1.54, 1.807) is 0 Å². The van der Waals surface area contributed by atoms with E-state index >= 15 is 0 Å². The third-order valence-electron chi connectivity index (χ3n) is 4.64. The third-order valence-corrected chi connectivity index (χ3v) is 6.05. The molecule has 0 saturated carbocycles. The standard InChI is InChI=1S/C25H41NO5S/c1-4-5-6-7-8-9-10-11-12-13-14-15-18-23(32-20-21(26)25(29)31-3)22(27)17-16-19-24(28)30-2/h8-9,11-15,18,21-23,27H,4-7,10,16-17,19-20,26H2,1-3H3/t21-,22+,23+/m0/s1. The number of unbranched alkanes of at least 4 members (excludes halogenated alkanes) is 3. The van der Waals surface area contributed by atoms with Gasteiger partial charge in [-0.15, -0.1) is 11.8 Å². The molecule has 0 aromatic carbocycles. The number of hydrogen-bond acceptors (Lipinski definition) is 7. The predicted molar refractivity (Wildman–Crippen MR) is 133 cm³/mol. The lowest BCUT2D eigenvalue weighted by molar-refractivity contribution is -0.142. The Morgan fingerprint density at radius 1 is 1.00 bits per heavy atom. The van der Waals surface area contributed by atoms with Gasteiger partial charge in [0.05, 0.1) is 20.3 Å². The molecule has 3 atom stereocenters. The highest BCUT2D eigenvalue weighted by Gasteiger charge is 2.21. The number of thioether (sulfide) groups is 1. The lowest BCUT2D eigenvalue weighted by Crippen LogP contribution is -2.35. The van der Waals surface area contributed by atoms with Gasteiger partial charge in [-0.05, 0) is 32.1 Å². The molecule has 7 heteroatoms. The van der Waals surface area contributed by atoms with Crippen molar-refractivity contribution in [2.75, 3.05) is 20.0 Å². The van der Waals surface area contributed by atoms with E-state index in [1.807, 2.05) is 30.4 Å². The number of nitrogens with two attached hydrogens (primary N) is 1. The molecule has 0 aromatic heterocycles. The summed E-state index contributed by atoms with van der Waals surface area (Å²) in [6, 6.07) is -0.753. The molecule has 0 aliphatic heterocycles. The van der Waals surface area contributed by atoms with Gasteiger partial charge in [0.25, 0.3) is 0 Å². The Hall–Kier alpha value is -1.83. The van der Waals surface area contributed by atoms with Gasteiger partial charge in [-0.3, -0.25) is 9.59 Å². The van der Waals surface area contributed by atoms with Gasteiger partial charge >= 0.3 is 11.9 Å². The Balaban J connectivity index is 4.62. The average molecular weight is 468 g/mol. The molecule has 32 heavy (non-hydrogen) atoms. The molecule has 0 aliphatic rings. The Bertz CT molecular complexity index is 615. The van der Waals surface area contributed by atoms with Crippen molar-refractivity contribution in [2.24, 2.45) is 5.73 Å². The smallest absolute Gasteiger partial charge is 0.323 e. The van der Waals surface area contributed by atoms with Crippen LogP contribution in [0.25, 0.3) is 0 Å². The molecule has 182 valence electrons. The number of allylic oxidation sites excluding steroid dienone is 7. The van der Waals surface area contributed by atoms with E-state index in [1.165, 1.54) is 45.2 Å². The second-order valence-corrected chi connectivity index (χ2v) is 8.58. The van der Waals surface area contributed by atoms with Crippen LogP contribution in [0.3, 0.4) is 0 Å². The lowest BCUT2D eigenvalue weighted by Gasteiger charge is -2.20. The highest BCUT2D eigenvalue weighted by molar-refractivity contribution is 8.00. The topological polar surface area (TPSA) is 98.9 Å². The van der Waals surface area contributed by atoms with Crippen molar-refractivity contribution in [3.8, 4) is 0 Å². The van der Waals surface area contributed by atoms with Crippen molar-refractivity contribution in [1.29, 1.82) is 0 Å². The van der Waals surface area contributed by atoms with E-state index in [4.69, 9.17) is 5.73 Å². The molecule has 3 N–H and O–H groups in total. The van der Waals surface area contributed by atoms with Crippen LogP contribution in [-0.2, 0) is 19.1 Å². The van der Waals surface area contributed by atoms with Crippen LogP contribution in [0.2, 0.25) is 0 Å². The monoisotopic (exact) mass is 467 g/mol. The van der Waals surface area contributed by atoms with Gasteiger partial charge in [-0.1, -0.05) is 68.4 Å². The molecule has 0 unspecified atom stereocenters. The van der Waals surface area contributed by atoms with Gasteiger partial charge in [0.1, 0.15) is 6.04 Å². The molecule has 6 nitrogen and oxygen atoms in total. The van der Waals surface area contributed by atoms with Crippen molar-refractivity contribution < 1.29 is 24.2 Å². The van der Waals surface area contributed by atoms with E-state index in [9.17, 15) is 14.7 Å². The zero-order valence-corrected chi connectivity index (χ0v) is 20.6. The van der Waals surface area contributed by atoms with Gasteiger partial charge in [0.2, 0.25) is 0 Å². The number of rotatable bonds is 18. The largest absolute Gasteiger partial charge is 0.469 e. The summed E-state index contributed by atoms with van der Waals surface area (Å²) in [5, 5.41) is 10.3. The minimum atomic E-state index is -0.753. The minimum Gasteiger partial charge on any atom is -0.469 e. The number of aliphatic hydroxyl groups is 1. The summed E-state index contributed by atoms with van der Waals surface area (Å²) in [4.78, 5) is 22.8. The summed E-state index contributed by atoms with van der Waals surface area (Å²) in [6.07, 6.45) is 22.4. The molecule has 0 aliphatic carbocycles. The zero-order chi connectivity index (χ0) is 24.0.